The molecule has 8 heteroatoms. The Morgan fingerprint density at radius 1 is 1.37 bits per heavy atom. The first-order valence-corrected chi connectivity index (χ1v) is 8.40. The number of nitrogen functional groups attached to an aromatic ring is 1. The minimum atomic E-state index is -3.68. The van der Waals surface area contributed by atoms with Crippen LogP contribution in [0.1, 0.15) is 11.1 Å². The van der Waals surface area contributed by atoms with Crippen molar-refractivity contribution < 1.29 is 8.42 Å². The number of nitrogens with one attached hydrogen (secondary N) is 1. The first-order valence-electron chi connectivity index (χ1n) is 5.30. The second-order valence-electron chi connectivity index (χ2n) is 4.05. The fourth-order valence-corrected chi connectivity index (χ4v) is 4.31. The average molecular weight is 362 g/mol. The number of nitrogens with two attached hydrogens (primary N) is 1. The van der Waals surface area contributed by atoms with E-state index in [0.717, 1.165) is 9.35 Å². The van der Waals surface area contributed by atoms with Gasteiger partial charge in [0, 0.05) is 5.69 Å². The van der Waals surface area contributed by atoms with Crippen LogP contribution in [-0.2, 0) is 10.0 Å². The maximum absolute atomic E-state index is 12.3. The predicted molar refractivity (Wildman–Crippen MR) is 81.0 cm³/mol. The van der Waals surface area contributed by atoms with Crippen LogP contribution in [0.25, 0.3) is 0 Å². The van der Waals surface area contributed by atoms with Gasteiger partial charge in [0.1, 0.15) is 0 Å². The van der Waals surface area contributed by atoms with E-state index in [2.05, 4.69) is 25.6 Å². The van der Waals surface area contributed by atoms with Gasteiger partial charge in [-0.1, -0.05) is 11.3 Å². The molecule has 0 saturated carbocycles. The molecule has 5 nitrogen and oxygen atoms in total. The average Bonchev–Trinajstić information content (AvgIpc) is 2.68. The fourth-order valence-electron chi connectivity index (χ4n) is 1.60. The Balaban J connectivity index is 2.45. The normalized spacial score (nSPS) is 11.5. The highest BCUT2D eigenvalue weighted by molar-refractivity contribution is 9.11. The molecule has 0 aliphatic carbocycles. The smallest absolute Gasteiger partial charge is 0.264 e. The van der Waals surface area contributed by atoms with Crippen molar-refractivity contribution >= 4 is 48.1 Å². The zero-order valence-electron chi connectivity index (χ0n) is 10.3. The molecule has 1 aromatic carbocycles. The number of sulfonamides is 1. The van der Waals surface area contributed by atoms with E-state index in [1.54, 1.807) is 32.2 Å². The third kappa shape index (κ3) is 3.07. The Morgan fingerprint density at radius 3 is 2.63 bits per heavy atom. The molecule has 0 spiro atoms. The molecule has 19 heavy (non-hydrogen) atoms. The molecule has 0 radical (unpaired) electrons. The number of hydrogen-bond donors (Lipinski definition) is 2. The molecule has 0 atom stereocenters. The monoisotopic (exact) mass is 361 g/mol. The number of halogens is 1. The van der Waals surface area contributed by atoms with Gasteiger partial charge in [-0.25, -0.2) is 13.4 Å². The van der Waals surface area contributed by atoms with E-state index in [1.165, 1.54) is 11.3 Å². The second kappa shape index (κ2) is 5.10. The van der Waals surface area contributed by atoms with Crippen molar-refractivity contribution in [3.63, 3.8) is 0 Å². The SMILES string of the molecule is Cc1cc(N)c(C)c(S(=O)(=O)Nc2ncc(Br)s2)c1. The highest BCUT2D eigenvalue weighted by Crippen LogP contribution is 2.28. The molecule has 0 amide bonds. The first-order chi connectivity index (χ1) is 8.79. The molecule has 0 aliphatic rings. The Morgan fingerprint density at radius 2 is 2.05 bits per heavy atom. The van der Waals surface area contributed by atoms with Crippen LogP contribution >= 0.6 is 27.3 Å². The van der Waals surface area contributed by atoms with Crippen molar-refractivity contribution in [1.82, 2.24) is 4.98 Å². The van der Waals surface area contributed by atoms with Gasteiger partial charge in [0.15, 0.2) is 5.13 Å². The molecular weight excluding hydrogens is 350 g/mol. The lowest BCUT2D eigenvalue weighted by atomic mass is 10.1. The maximum atomic E-state index is 12.3. The van der Waals surface area contributed by atoms with Gasteiger partial charge in [-0.05, 0) is 53.0 Å². The third-order valence-corrected chi connectivity index (χ3v) is 5.52. The third-order valence-electron chi connectivity index (χ3n) is 2.53. The molecule has 102 valence electrons. The number of aryl methyl sites for hydroxylation is 1. The van der Waals surface area contributed by atoms with Crippen LogP contribution < -0.4 is 10.5 Å². The summed E-state index contributed by atoms with van der Waals surface area (Å²) in [7, 11) is -3.68. The topological polar surface area (TPSA) is 85.1 Å². The van der Waals surface area contributed by atoms with Gasteiger partial charge in [0.2, 0.25) is 0 Å². The Bertz CT molecular complexity index is 726. The number of nitrogens with zero attached hydrogens (tertiary/aromatic N) is 1. The van der Waals surface area contributed by atoms with Crippen LogP contribution in [0.2, 0.25) is 0 Å². The van der Waals surface area contributed by atoms with E-state index >= 15 is 0 Å². The summed E-state index contributed by atoms with van der Waals surface area (Å²) in [5.41, 5.74) is 7.59. The molecule has 1 aromatic heterocycles. The van der Waals surface area contributed by atoms with Gasteiger partial charge in [0.25, 0.3) is 10.0 Å². The lowest BCUT2D eigenvalue weighted by Crippen LogP contribution is -2.15. The lowest BCUT2D eigenvalue weighted by molar-refractivity contribution is 0.600. The summed E-state index contributed by atoms with van der Waals surface area (Å²) in [6.45, 7) is 3.48. The van der Waals surface area contributed by atoms with Gasteiger partial charge in [-0.2, -0.15) is 0 Å². The molecule has 0 unspecified atom stereocenters. The summed E-state index contributed by atoms with van der Waals surface area (Å²) in [5, 5.41) is 0.311. The Kier molecular flexibility index (Phi) is 3.84. The maximum Gasteiger partial charge on any atom is 0.264 e. The first kappa shape index (κ1) is 14.3. The van der Waals surface area contributed by atoms with Gasteiger partial charge in [-0.15, -0.1) is 0 Å². The standard InChI is InChI=1S/C11H12BrN3O2S2/c1-6-3-8(13)7(2)9(4-6)19(16,17)15-11-14-5-10(12)18-11/h3-5H,13H2,1-2H3,(H,14,15). The van der Waals surface area contributed by atoms with E-state index in [-0.39, 0.29) is 4.90 Å². The van der Waals surface area contributed by atoms with Crippen LogP contribution in [-0.4, -0.2) is 13.4 Å². The van der Waals surface area contributed by atoms with Crippen molar-refractivity contribution in [3.8, 4) is 0 Å². The van der Waals surface area contributed by atoms with E-state index in [9.17, 15) is 8.42 Å². The van der Waals surface area contributed by atoms with Gasteiger partial charge < -0.3 is 5.73 Å². The molecule has 2 rings (SSSR count). The second-order valence-corrected chi connectivity index (χ2v) is 8.11. The molecule has 2 aromatic rings. The number of hydrogen-bond acceptors (Lipinski definition) is 5. The van der Waals surface area contributed by atoms with Gasteiger partial charge in [0.05, 0.1) is 14.9 Å². The predicted octanol–water partition coefficient (Wildman–Crippen LogP) is 2.91. The number of benzene rings is 1. The van der Waals surface area contributed by atoms with E-state index in [4.69, 9.17) is 5.73 Å². The summed E-state index contributed by atoms with van der Waals surface area (Å²) >= 11 is 4.44. The number of aromatic nitrogens is 1. The number of anilines is 2. The van der Waals surface area contributed by atoms with E-state index in [0.29, 0.717) is 16.4 Å². The minimum Gasteiger partial charge on any atom is -0.398 e. The van der Waals surface area contributed by atoms with Gasteiger partial charge in [-0.3, -0.25) is 4.72 Å². The summed E-state index contributed by atoms with van der Waals surface area (Å²) in [6, 6.07) is 3.34. The molecule has 0 aliphatic heterocycles. The van der Waals surface area contributed by atoms with E-state index < -0.39 is 10.0 Å². The lowest BCUT2D eigenvalue weighted by Gasteiger charge is -2.11. The fraction of sp³-hybridized carbons (Fsp3) is 0.182. The number of rotatable bonds is 3. The highest BCUT2D eigenvalue weighted by atomic mass is 79.9. The van der Waals surface area contributed by atoms with Crippen LogP contribution in [0.4, 0.5) is 10.8 Å². The zero-order valence-corrected chi connectivity index (χ0v) is 13.5. The van der Waals surface area contributed by atoms with Crippen molar-refractivity contribution in [2.24, 2.45) is 0 Å². The van der Waals surface area contributed by atoms with Gasteiger partial charge >= 0.3 is 0 Å². The largest absolute Gasteiger partial charge is 0.398 e. The van der Waals surface area contributed by atoms with Crippen molar-refractivity contribution in [2.75, 3.05) is 10.5 Å². The van der Waals surface area contributed by atoms with Crippen LogP contribution in [0.5, 0.6) is 0 Å². The quantitative estimate of drug-likeness (QED) is 0.823. The molecule has 0 bridgehead atoms. The van der Waals surface area contributed by atoms with Crippen molar-refractivity contribution in [2.45, 2.75) is 18.7 Å². The molecule has 0 fully saturated rings. The van der Waals surface area contributed by atoms with Crippen LogP contribution in [0, 0.1) is 13.8 Å². The molecule has 3 N–H and O–H groups in total. The summed E-state index contributed by atoms with van der Waals surface area (Å²) < 4.78 is 27.8. The molecule has 1 heterocycles. The van der Waals surface area contributed by atoms with Crippen LogP contribution in [0.3, 0.4) is 0 Å². The van der Waals surface area contributed by atoms with Crippen LogP contribution in [0.15, 0.2) is 27.0 Å². The van der Waals surface area contributed by atoms with E-state index in [1.807, 2.05) is 0 Å². The molecular formula is C11H12BrN3O2S2. The Hall–Kier alpha value is -1.12. The van der Waals surface area contributed by atoms with Crippen molar-refractivity contribution in [1.29, 1.82) is 0 Å². The number of thiazole rings is 1. The summed E-state index contributed by atoms with van der Waals surface area (Å²) in [4.78, 5) is 4.13. The minimum absolute atomic E-state index is 0.177. The summed E-state index contributed by atoms with van der Waals surface area (Å²) in [6.07, 6.45) is 1.54. The molecule has 0 saturated heterocycles. The zero-order chi connectivity index (χ0) is 14.2. The Labute approximate surface area is 124 Å². The highest BCUT2D eigenvalue weighted by Gasteiger charge is 2.20. The summed E-state index contributed by atoms with van der Waals surface area (Å²) in [5.74, 6) is 0. The van der Waals surface area contributed by atoms with Crippen molar-refractivity contribution in [3.05, 3.63) is 33.2 Å².